The van der Waals surface area contributed by atoms with Gasteiger partial charge in [-0.15, -0.1) is 0 Å². The highest BCUT2D eigenvalue weighted by Crippen LogP contribution is 2.26. The summed E-state index contributed by atoms with van der Waals surface area (Å²) >= 11 is 0. The third-order valence-electron chi connectivity index (χ3n) is 2.29. The Labute approximate surface area is 53.8 Å². The number of rotatable bonds is 0. The summed E-state index contributed by atoms with van der Waals surface area (Å²) in [6, 6.07) is 0. The van der Waals surface area contributed by atoms with Crippen molar-refractivity contribution < 1.29 is 4.79 Å². The molecule has 2 fully saturated rings. The van der Waals surface area contributed by atoms with Gasteiger partial charge in [-0.2, -0.15) is 0 Å². The van der Waals surface area contributed by atoms with Crippen LogP contribution in [0.1, 0.15) is 12.8 Å². The van der Waals surface area contributed by atoms with E-state index >= 15 is 0 Å². The maximum atomic E-state index is 11.0. The minimum absolute atomic E-state index is 0.125. The summed E-state index contributed by atoms with van der Waals surface area (Å²) in [7, 11) is 0. The zero-order valence-electron chi connectivity index (χ0n) is 5.24. The molecular weight excluding hydrogens is 116 g/mol. The average molecular weight is 126 g/mol. The molecule has 0 aromatic carbocycles. The average Bonchev–Trinajstić information content (AvgIpc) is 2.07. The normalized spacial score (nSPS) is 40.7. The third kappa shape index (κ3) is 0.525. The topological polar surface area (TPSA) is 41.1 Å². The number of hydrogen-bond donors (Lipinski definition) is 2. The maximum Gasteiger partial charge on any atom is 0.240 e. The first-order valence-corrected chi connectivity index (χ1v) is 3.37. The Bertz CT molecular complexity index is 151. The molecule has 0 bridgehead atoms. The molecular formula is C6H10N2O. The number of carbonyl (C=O) groups is 1. The fourth-order valence-electron chi connectivity index (χ4n) is 1.51. The van der Waals surface area contributed by atoms with Crippen molar-refractivity contribution in [3.8, 4) is 0 Å². The lowest BCUT2D eigenvalue weighted by Gasteiger charge is -2.36. The van der Waals surface area contributed by atoms with Crippen molar-refractivity contribution in [2.75, 3.05) is 13.1 Å². The first-order chi connectivity index (χ1) is 4.33. The van der Waals surface area contributed by atoms with Gasteiger partial charge in [0, 0.05) is 6.54 Å². The van der Waals surface area contributed by atoms with Crippen molar-refractivity contribution in [2.24, 2.45) is 0 Å². The number of hydrogen-bond acceptors (Lipinski definition) is 2. The summed E-state index contributed by atoms with van der Waals surface area (Å²) in [5.74, 6) is 0.203. The van der Waals surface area contributed by atoms with Crippen LogP contribution in [0.5, 0.6) is 0 Å². The number of amides is 1. The summed E-state index contributed by atoms with van der Waals surface area (Å²) in [5.41, 5.74) is -0.125. The highest BCUT2D eigenvalue weighted by Gasteiger charge is 2.46. The van der Waals surface area contributed by atoms with E-state index in [1.165, 1.54) is 0 Å². The van der Waals surface area contributed by atoms with Gasteiger partial charge in [0.25, 0.3) is 0 Å². The predicted octanol–water partition coefficient (Wildman–Crippen LogP) is -0.762. The van der Waals surface area contributed by atoms with Gasteiger partial charge in [-0.1, -0.05) is 0 Å². The minimum Gasteiger partial charge on any atom is -0.354 e. The molecule has 1 amide bonds. The molecule has 50 valence electrons. The standard InChI is InChI=1S/C6H10N2O/c9-5-6(1-3-7-5)2-4-8-6/h8H,1-4H2,(H,7,9). The van der Waals surface area contributed by atoms with Crippen LogP contribution in [0.4, 0.5) is 0 Å². The molecule has 0 radical (unpaired) electrons. The van der Waals surface area contributed by atoms with Crippen molar-refractivity contribution in [3.05, 3.63) is 0 Å². The molecule has 2 N–H and O–H groups in total. The van der Waals surface area contributed by atoms with Gasteiger partial charge in [0.2, 0.25) is 5.91 Å². The molecule has 1 unspecified atom stereocenters. The van der Waals surface area contributed by atoms with Crippen LogP contribution in [0.2, 0.25) is 0 Å². The van der Waals surface area contributed by atoms with E-state index < -0.39 is 0 Å². The van der Waals surface area contributed by atoms with Crippen LogP contribution in [0.3, 0.4) is 0 Å². The van der Waals surface area contributed by atoms with E-state index in [2.05, 4.69) is 10.6 Å². The summed E-state index contributed by atoms with van der Waals surface area (Å²) in [6.45, 7) is 1.86. The molecule has 1 atom stereocenters. The lowest BCUT2D eigenvalue weighted by Crippen LogP contribution is -2.61. The van der Waals surface area contributed by atoms with Gasteiger partial charge < -0.3 is 10.6 Å². The molecule has 0 aromatic heterocycles. The van der Waals surface area contributed by atoms with Crippen molar-refractivity contribution >= 4 is 5.91 Å². The molecule has 0 saturated carbocycles. The van der Waals surface area contributed by atoms with Crippen LogP contribution in [-0.4, -0.2) is 24.5 Å². The Balaban J connectivity index is 2.17. The Hall–Kier alpha value is -0.570. The van der Waals surface area contributed by atoms with E-state index in [4.69, 9.17) is 0 Å². The van der Waals surface area contributed by atoms with Crippen molar-refractivity contribution in [1.29, 1.82) is 0 Å². The second-order valence-electron chi connectivity index (χ2n) is 2.76. The van der Waals surface area contributed by atoms with E-state index in [-0.39, 0.29) is 11.4 Å². The van der Waals surface area contributed by atoms with Gasteiger partial charge in [0.1, 0.15) is 5.54 Å². The summed E-state index contributed by atoms with van der Waals surface area (Å²) in [4.78, 5) is 11.0. The summed E-state index contributed by atoms with van der Waals surface area (Å²) in [6.07, 6.45) is 2.00. The maximum absolute atomic E-state index is 11.0. The third-order valence-corrected chi connectivity index (χ3v) is 2.29. The smallest absolute Gasteiger partial charge is 0.240 e. The second-order valence-corrected chi connectivity index (χ2v) is 2.76. The highest BCUT2D eigenvalue weighted by atomic mass is 16.2. The molecule has 2 saturated heterocycles. The Kier molecular flexibility index (Phi) is 0.858. The Morgan fingerprint density at radius 3 is 2.22 bits per heavy atom. The van der Waals surface area contributed by atoms with Gasteiger partial charge >= 0.3 is 0 Å². The highest BCUT2D eigenvalue weighted by molar-refractivity contribution is 5.89. The van der Waals surface area contributed by atoms with E-state index in [1.807, 2.05) is 0 Å². The lowest BCUT2D eigenvalue weighted by molar-refractivity contribution is -0.127. The van der Waals surface area contributed by atoms with Gasteiger partial charge in [0.05, 0.1) is 0 Å². The van der Waals surface area contributed by atoms with E-state index in [0.717, 1.165) is 25.9 Å². The molecule has 2 aliphatic rings. The molecule has 0 aliphatic carbocycles. The van der Waals surface area contributed by atoms with Gasteiger partial charge in [-0.05, 0) is 19.4 Å². The molecule has 2 heterocycles. The zero-order chi connectivity index (χ0) is 6.32. The predicted molar refractivity (Wildman–Crippen MR) is 33.0 cm³/mol. The fourth-order valence-corrected chi connectivity index (χ4v) is 1.51. The summed E-state index contributed by atoms with van der Waals surface area (Å²) in [5, 5.41) is 5.97. The van der Waals surface area contributed by atoms with Crippen LogP contribution < -0.4 is 10.6 Å². The van der Waals surface area contributed by atoms with Crippen molar-refractivity contribution in [2.45, 2.75) is 18.4 Å². The Morgan fingerprint density at radius 1 is 1.33 bits per heavy atom. The molecule has 3 nitrogen and oxygen atoms in total. The second kappa shape index (κ2) is 1.48. The molecule has 1 spiro atoms. The number of carbonyl (C=O) groups excluding carboxylic acids is 1. The fraction of sp³-hybridized carbons (Fsp3) is 0.833. The minimum atomic E-state index is -0.125. The SMILES string of the molecule is O=C1NCCC12CCN2. The largest absolute Gasteiger partial charge is 0.354 e. The Morgan fingerprint density at radius 2 is 2.00 bits per heavy atom. The van der Waals surface area contributed by atoms with E-state index in [0.29, 0.717) is 0 Å². The van der Waals surface area contributed by atoms with Crippen LogP contribution in [0, 0.1) is 0 Å². The first kappa shape index (κ1) is 5.23. The first-order valence-electron chi connectivity index (χ1n) is 3.37. The van der Waals surface area contributed by atoms with Gasteiger partial charge in [0.15, 0.2) is 0 Å². The lowest BCUT2D eigenvalue weighted by atomic mass is 9.87. The van der Waals surface area contributed by atoms with Crippen molar-refractivity contribution in [3.63, 3.8) is 0 Å². The van der Waals surface area contributed by atoms with Gasteiger partial charge in [-0.25, -0.2) is 0 Å². The van der Waals surface area contributed by atoms with E-state index in [1.54, 1.807) is 0 Å². The zero-order valence-corrected chi connectivity index (χ0v) is 5.24. The quantitative estimate of drug-likeness (QED) is 0.448. The molecule has 9 heavy (non-hydrogen) atoms. The van der Waals surface area contributed by atoms with Crippen LogP contribution in [-0.2, 0) is 4.79 Å². The summed E-state index contributed by atoms with van der Waals surface area (Å²) < 4.78 is 0. The van der Waals surface area contributed by atoms with Crippen molar-refractivity contribution in [1.82, 2.24) is 10.6 Å². The van der Waals surface area contributed by atoms with E-state index in [9.17, 15) is 4.79 Å². The van der Waals surface area contributed by atoms with Crippen LogP contribution >= 0.6 is 0 Å². The van der Waals surface area contributed by atoms with Crippen LogP contribution in [0.15, 0.2) is 0 Å². The molecule has 2 aliphatic heterocycles. The van der Waals surface area contributed by atoms with Crippen LogP contribution in [0.25, 0.3) is 0 Å². The molecule has 0 aromatic rings. The van der Waals surface area contributed by atoms with Gasteiger partial charge in [-0.3, -0.25) is 4.79 Å². The number of nitrogens with one attached hydrogen (secondary N) is 2. The molecule has 3 heteroatoms. The monoisotopic (exact) mass is 126 g/mol. The molecule has 2 rings (SSSR count).